The number of hydrogen-bond donors (Lipinski definition) is 1. The van der Waals surface area contributed by atoms with Gasteiger partial charge >= 0.3 is 0 Å². The van der Waals surface area contributed by atoms with E-state index in [0.29, 0.717) is 10.8 Å². The Bertz CT molecular complexity index is 1030. The molecule has 3 rings (SSSR count). The fourth-order valence-corrected chi connectivity index (χ4v) is 2.87. The molecule has 0 spiro atoms. The zero-order valence-corrected chi connectivity index (χ0v) is 16.0. The summed E-state index contributed by atoms with van der Waals surface area (Å²) in [6.07, 6.45) is 1.36. The van der Waals surface area contributed by atoms with Crippen LogP contribution in [0.3, 0.4) is 0 Å². The fourth-order valence-electron chi connectivity index (χ4n) is 2.14. The van der Waals surface area contributed by atoms with Gasteiger partial charge in [0.25, 0.3) is 5.91 Å². The lowest BCUT2D eigenvalue weighted by Crippen LogP contribution is -2.17. The van der Waals surface area contributed by atoms with Crippen molar-refractivity contribution in [3.8, 4) is 5.75 Å². The molecule has 28 heavy (non-hydrogen) atoms. The number of carbonyl (C=O) groups is 1. The van der Waals surface area contributed by atoms with E-state index in [9.17, 15) is 22.4 Å². The van der Waals surface area contributed by atoms with Gasteiger partial charge in [-0.25, -0.2) is 22.2 Å². The molecule has 0 atom stereocenters. The molecule has 0 aliphatic rings. The summed E-state index contributed by atoms with van der Waals surface area (Å²) < 4.78 is 61.1. The van der Waals surface area contributed by atoms with E-state index in [2.05, 4.69) is 21.0 Å². The van der Waals surface area contributed by atoms with E-state index in [0.717, 1.165) is 4.47 Å². The normalized spacial score (nSPS) is 10.8. The molecule has 1 heterocycles. The number of anilines is 1. The number of rotatable bonds is 5. The Kier molecular flexibility index (Phi) is 5.90. The van der Waals surface area contributed by atoms with Crippen LogP contribution >= 0.6 is 27.5 Å². The highest BCUT2D eigenvalue weighted by molar-refractivity contribution is 9.10. The number of nitrogens with one attached hydrogen (secondary N) is 1. The summed E-state index contributed by atoms with van der Waals surface area (Å²) in [7, 11) is 0. The molecule has 2 aromatic carbocycles. The van der Waals surface area contributed by atoms with Crippen LogP contribution in [0.2, 0.25) is 5.02 Å². The number of nitrogens with zero attached hydrogens (tertiary/aromatic N) is 2. The van der Waals surface area contributed by atoms with Crippen LogP contribution in [0.25, 0.3) is 0 Å². The third-order valence-electron chi connectivity index (χ3n) is 3.47. The second kappa shape index (κ2) is 8.19. The largest absolute Gasteiger partial charge is 0.470 e. The van der Waals surface area contributed by atoms with E-state index < -0.39 is 34.9 Å². The highest BCUT2D eigenvalue weighted by atomic mass is 79.9. The van der Waals surface area contributed by atoms with E-state index in [4.69, 9.17) is 16.3 Å². The van der Waals surface area contributed by atoms with Gasteiger partial charge in [-0.2, -0.15) is 5.10 Å². The summed E-state index contributed by atoms with van der Waals surface area (Å²) in [5.41, 5.74) is -1.50. The molecule has 0 saturated carbocycles. The number of aromatic nitrogens is 2. The minimum Gasteiger partial charge on any atom is -0.470 e. The first kappa shape index (κ1) is 20.2. The van der Waals surface area contributed by atoms with Crippen LogP contribution in [-0.4, -0.2) is 15.7 Å². The minimum absolute atomic E-state index is 0.0413. The third-order valence-corrected chi connectivity index (χ3v) is 4.26. The van der Waals surface area contributed by atoms with Crippen LogP contribution in [0.4, 0.5) is 23.2 Å². The van der Waals surface area contributed by atoms with Crippen molar-refractivity contribution in [1.82, 2.24) is 9.78 Å². The Balaban J connectivity index is 1.71. The molecule has 0 saturated heterocycles. The summed E-state index contributed by atoms with van der Waals surface area (Å²) in [4.78, 5) is 12.1. The lowest BCUT2D eigenvalue weighted by Gasteiger charge is -2.09. The maximum Gasteiger partial charge on any atom is 0.276 e. The molecule has 1 N–H and O–H groups in total. The monoisotopic (exact) mass is 477 g/mol. The lowest BCUT2D eigenvalue weighted by molar-refractivity contribution is 0.101. The van der Waals surface area contributed by atoms with Crippen LogP contribution in [-0.2, 0) is 6.73 Å². The molecule has 0 radical (unpaired) electrons. The smallest absolute Gasteiger partial charge is 0.276 e. The summed E-state index contributed by atoms with van der Waals surface area (Å²) in [6, 6.07) is 6.23. The van der Waals surface area contributed by atoms with Crippen LogP contribution in [0.5, 0.6) is 5.75 Å². The van der Waals surface area contributed by atoms with Gasteiger partial charge in [0, 0.05) is 16.7 Å². The van der Waals surface area contributed by atoms with Crippen LogP contribution in [0, 0.1) is 23.3 Å². The first-order valence-corrected chi connectivity index (χ1v) is 8.69. The number of ether oxygens (including phenoxy) is 1. The SMILES string of the molecule is O=C(Nc1c(F)c(F)cc(F)c1F)c1ccn(COc2ccc(Br)cc2Cl)n1. The third kappa shape index (κ3) is 4.28. The van der Waals surface area contributed by atoms with Gasteiger partial charge in [0.1, 0.15) is 11.4 Å². The van der Waals surface area contributed by atoms with Gasteiger partial charge in [-0.3, -0.25) is 4.79 Å². The maximum atomic E-state index is 13.6. The highest BCUT2D eigenvalue weighted by Crippen LogP contribution is 2.28. The average Bonchev–Trinajstić information content (AvgIpc) is 3.12. The molecule has 0 aliphatic heterocycles. The standard InChI is InChI=1S/C17H9BrClF4N3O2/c18-8-1-2-13(9(19)5-8)28-7-26-4-3-12(25-26)17(27)24-16-14(22)10(20)6-11(21)15(16)23/h1-6H,7H2,(H,24,27). The van der Waals surface area contributed by atoms with E-state index in [1.54, 1.807) is 23.5 Å². The van der Waals surface area contributed by atoms with Gasteiger partial charge in [0.2, 0.25) is 0 Å². The molecule has 0 bridgehead atoms. The predicted molar refractivity (Wildman–Crippen MR) is 96.2 cm³/mol. The van der Waals surface area contributed by atoms with Crippen LogP contribution in [0.1, 0.15) is 10.5 Å². The van der Waals surface area contributed by atoms with Crippen molar-refractivity contribution < 1.29 is 27.1 Å². The Morgan fingerprint density at radius 2 is 1.82 bits per heavy atom. The number of benzene rings is 2. The lowest BCUT2D eigenvalue weighted by atomic mass is 10.2. The molecular formula is C17H9BrClF4N3O2. The van der Waals surface area contributed by atoms with Gasteiger partial charge in [0.05, 0.1) is 5.02 Å². The number of halogens is 6. The van der Waals surface area contributed by atoms with E-state index in [1.807, 2.05) is 0 Å². The minimum atomic E-state index is -1.72. The Labute approximate surface area is 169 Å². The number of carbonyl (C=O) groups excluding carboxylic acids is 1. The molecule has 1 amide bonds. The molecule has 146 valence electrons. The predicted octanol–water partition coefficient (Wildman–Crippen LogP) is 5.14. The average molecular weight is 479 g/mol. The number of hydrogen-bond acceptors (Lipinski definition) is 3. The van der Waals surface area contributed by atoms with Gasteiger partial charge in [0.15, 0.2) is 35.7 Å². The van der Waals surface area contributed by atoms with Gasteiger partial charge in [-0.1, -0.05) is 27.5 Å². The molecular weight excluding hydrogens is 470 g/mol. The van der Waals surface area contributed by atoms with Crippen LogP contribution in [0.15, 0.2) is 41.0 Å². The topological polar surface area (TPSA) is 56.2 Å². The van der Waals surface area contributed by atoms with Gasteiger partial charge in [-0.15, -0.1) is 0 Å². The fraction of sp³-hybridized carbons (Fsp3) is 0.0588. The Hall–Kier alpha value is -2.59. The first-order chi connectivity index (χ1) is 13.3. The van der Waals surface area contributed by atoms with E-state index in [-0.39, 0.29) is 18.5 Å². The second-order valence-electron chi connectivity index (χ2n) is 5.39. The van der Waals surface area contributed by atoms with E-state index >= 15 is 0 Å². The molecule has 3 aromatic rings. The summed E-state index contributed by atoms with van der Waals surface area (Å²) in [5.74, 6) is -7.42. The van der Waals surface area contributed by atoms with E-state index in [1.165, 1.54) is 16.9 Å². The van der Waals surface area contributed by atoms with Crippen LogP contribution < -0.4 is 10.1 Å². The Morgan fingerprint density at radius 1 is 1.14 bits per heavy atom. The first-order valence-electron chi connectivity index (χ1n) is 7.52. The van der Waals surface area contributed by atoms with Crippen molar-refractivity contribution >= 4 is 39.1 Å². The molecule has 0 fully saturated rings. The molecule has 0 aliphatic carbocycles. The van der Waals surface area contributed by atoms with Gasteiger partial charge < -0.3 is 10.1 Å². The number of amides is 1. The van der Waals surface area contributed by atoms with Crippen molar-refractivity contribution in [3.05, 3.63) is 75.0 Å². The van der Waals surface area contributed by atoms with Crippen molar-refractivity contribution in [2.75, 3.05) is 5.32 Å². The quantitative estimate of drug-likeness (QED) is 0.408. The van der Waals surface area contributed by atoms with Gasteiger partial charge in [-0.05, 0) is 24.3 Å². The second-order valence-corrected chi connectivity index (χ2v) is 6.71. The zero-order chi connectivity index (χ0) is 20.4. The van der Waals surface area contributed by atoms with Crippen molar-refractivity contribution in [3.63, 3.8) is 0 Å². The molecule has 11 heteroatoms. The molecule has 0 unspecified atom stereocenters. The van der Waals surface area contributed by atoms with Crippen molar-refractivity contribution in [2.45, 2.75) is 6.73 Å². The highest BCUT2D eigenvalue weighted by Gasteiger charge is 2.22. The van der Waals surface area contributed by atoms with Crippen molar-refractivity contribution in [1.29, 1.82) is 0 Å². The molecule has 5 nitrogen and oxygen atoms in total. The molecule has 1 aromatic heterocycles. The summed E-state index contributed by atoms with van der Waals surface area (Å²) >= 11 is 9.27. The summed E-state index contributed by atoms with van der Waals surface area (Å²) in [6.45, 7) is -0.119. The van der Waals surface area contributed by atoms with Crippen molar-refractivity contribution in [2.24, 2.45) is 0 Å². The maximum absolute atomic E-state index is 13.6. The summed E-state index contributed by atoms with van der Waals surface area (Å²) in [5, 5.41) is 5.98. The zero-order valence-electron chi connectivity index (χ0n) is 13.6. The Morgan fingerprint density at radius 3 is 2.46 bits per heavy atom.